The Hall–Kier alpha value is -2.88. The summed E-state index contributed by atoms with van der Waals surface area (Å²) in [5.41, 5.74) is 1.90. The molecule has 0 aliphatic carbocycles. The van der Waals surface area contributed by atoms with Crippen LogP contribution < -0.4 is 0 Å². The summed E-state index contributed by atoms with van der Waals surface area (Å²) in [5, 5.41) is 6.41. The van der Waals surface area contributed by atoms with Crippen molar-refractivity contribution < 1.29 is 18.0 Å². The molecule has 30 heavy (non-hydrogen) atoms. The fourth-order valence-electron chi connectivity index (χ4n) is 3.85. The van der Waals surface area contributed by atoms with Gasteiger partial charge in [-0.2, -0.15) is 5.10 Å². The predicted molar refractivity (Wildman–Crippen MR) is 111 cm³/mol. The molecular weight excluding hydrogens is 406 g/mol. The average Bonchev–Trinajstić information content (AvgIpc) is 3.07. The number of aromatic nitrogens is 2. The van der Waals surface area contributed by atoms with Gasteiger partial charge in [-0.3, -0.25) is 9.59 Å². The third kappa shape index (κ3) is 4.04. The molecule has 1 saturated heterocycles. The van der Waals surface area contributed by atoms with Crippen LogP contribution in [0.3, 0.4) is 0 Å². The van der Waals surface area contributed by atoms with E-state index in [0.717, 1.165) is 16.6 Å². The van der Waals surface area contributed by atoms with Crippen LogP contribution in [0.5, 0.6) is 0 Å². The van der Waals surface area contributed by atoms with E-state index in [2.05, 4.69) is 15.1 Å². The van der Waals surface area contributed by atoms with Gasteiger partial charge in [0.25, 0.3) is 5.91 Å². The minimum Gasteiger partial charge on any atom is -0.333 e. The van der Waals surface area contributed by atoms with E-state index in [1.807, 2.05) is 31.2 Å². The molecule has 1 fully saturated rings. The molecule has 0 spiro atoms. The van der Waals surface area contributed by atoms with Crippen molar-refractivity contribution in [2.24, 2.45) is 5.10 Å². The molecule has 0 saturated carbocycles. The minimum absolute atomic E-state index is 0.0405. The van der Waals surface area contributed by atoms with Crippen molar-refractivity contribution >= 4 is 38.3 Å². The lowest BCUT2D eigenvalue weighted by atomic mass is 10.1. The molecule has 4 rings (SSSR count). The monoisotopic (exact) mass is 429 g/mol. The summed E-state index contributed by atoms with van der Waals surface area (Å²) in [5.74, 6) is -0.108. The first-order chi connectivity index (χ1) is 14.2. The molecule has 1 aromatic carbocycles. The first-order valence-corrected chi connectivity index (χ1v) is 11.6. The maximum absolute atomic E-state index is 12.9. The summed E-state index contributed by atoms with van der Waals surface area (Å²) >= 11 is 0. The Morgan fingerprint density at radius 1 is 1.23 bits per heavy atom. The van der Waals surface area contributed by atoms with Gasteiger partial charge < -0.3 is 4.90 Å². The molecule has 2 aromatic rings. The first kappa shape index (κ1) is 20.4. The van der Waals surface area contributed by atoms with Gasteiger partial charge >= 0.3 is 0 Å². The molecule has 3 heterocycles. The number of amides is 2. The van der Waals surface area contributed by atoms with E-state index < -0.39 is 15.9 Å². The maximum atomic E-state index is 12.9. The van der Waals surface area contributed by atoms with Gasteiger partial charge in [0.2, 0.25) is 5.91 Å². The minimum atomic E-state index is -3.16. The van der Waals surface area contributed by atoms with Gasteiger partial charge in [0.1, 0.15) is 11.5 Å². The van der Waals surface area contributed by atoms with Crippen LogP contribution >= 0.6 is 0 Å². The second kappa shape index (κ2) is 7.75. The maximum Gasteiger partial charge on any atom is 0.270 e. The Balaban J connectivity index is 1.52. The number of para-hydroxylation sites is 1. The lowest BCUT2D eigenvalue weighted by Gasteiger charge is -2.28. The fraction of sp³-hybridized carbons (Fsp3) is 0.450. The quantitative estimate of drug-likeness (QED) is 0.718. The average molecular weight is 430 g/mol. The molecule has 1 atom stereocenters. The van der Waals surface area contributed by atoms with Crippen molar-refractivity contribution in [1.82, 2.24) is 19.9 Å². The molecule has 1 unspecified atom stereocenters. The van der Waals surface area contributed by atoms with Crippen LogP contribution in [0.4, 0.5) is 0 Å². The topological polar surface area (TPSA) is 113 Å². The van der Waals surface area contributed by atoms with Crippen molar-refractivity contribution in [1.29, 1.82) is 0 Å². The molecule has 0 N–H and O–H groups in total. The molecule has 10 heteroatoms. The highest BCUT2D eigenvalue weighted by atomic mass is 32.2. The Labute approximate surface area is 174 Å². The van der Waals surface area contributed by atoms with Crippen molar-refractivity contribution in [2.45, 2.75) is 38.8 Å². The predicted octanol–water partition coefficient (Wildman–Crippen LogP) is 1.06. The van der Waals surface area contributed by atoms with E-state index in [1.165, 1.54) is 9.91 Å². The summed E-state index contributed by atoms with van der Waals surface area (Å²) in [6.07, 6.45) is 0.717. The molecule has 2 amide bonds. The van der Waals surface area contributed by atoms with E-state index in [0.29, 0.717) is 12.2 Å². The van der Waals surface area contributed by atoms with Crippen LogP contribution in [0.15, 0.2) is 29.4 Å². The number of aryl methyl sites for hydroxylation is 1. The van der Waals surface area contributed by atoms with Gasteiger partial charge in [0, 0.05) is 31.0 Å². The third-order valence-electron chi connectivity index (χ3n) is 5.43. The Bertz CT molecular complexity index is 1160. The number of hydrogen-bond acceptors (Lipinski definition) is 7. The summed E-state index contributed by atoms with van der Waals surface area (Å²) in [6.45, 7) is 2.11. The second-order valence-electron chi connectivity index (χ2n) is 7.75. The van der Waals surface area contributed by atoms with Crippen molar-refractivity contribution in [3.05, 3.63) is 35.8 Å². The zero-order valence-electron chi connectivity index (χ0n) is 16.9. The lowest BCUT2D eigenvalue weighted by molar-refractivity contribution is -0.134. The Morgan fingerprint density at radius 3 is 2.73 bits per heavy atom. The number of carbonyl (C=O) groups is 2. The fourth-order valence-corrected chi connectivity index (χ4v) is 5.54. The first-order valence-electron chi connectivity index (χ1n) is 9.81. The van der Waals surface area contributed by atoms with Crippen molar-refractivity contribution in [3.63, 3.8) is 0 Å². The normalized spacial score (nSPS) is 21.0. The van der Waals surface area contributed by atoms with Crippen LogP contribution in [0, 0.1) is 6.92 Å². The number of hydrogen-bond donors (Lipinski definition) is 0. The summed E-state index contributed by atoms with van der Waals surface area (Å²) in [4.78, 5) is 35.7. The Kier molecular flexibility index (Phi) is 5.27. The summed E-state index contributed by atoms with van der Waals surface area (Å²) in [7, 11) is -1.52. The van der Waals surface area contributed by atoms with Crippen molar-refractivity contribution in [3.8, 4) is 0 Å². The van der Waals surface area contributed by atoms with Gasteiger partial charge in [0.05, 0.1) is 29.6 Å². The van der Waals surface area contributed by atoms with Gasteiger partial charge in [-0.15, -0.1) is 0 Å². The molecule has 9 nitrogen and oxygen atoms in total. The molecule has 0 radical (unpaired) electrons. The zero-order valence-corrected chi connectivity index (χ0v) is 17.7. The number of rotatable bonds is 4. The number of fused-ring (bicyclic) bond motifs is 1. The van der Waals surface area contributed by atoms with Crippen LogP contribution in [-0.4, -0.2) is 70.4 Å². The van der Waals surface area contributed by atoms with Crippen LogP contribution in [0.25, 0.3) is 10.9 Å². The Morgan fingerprint density at radius 2 is 2.00 bits per heavy atom. The largest absolute Gasteiger partial charge is 0.333 e. The summed E-state index contributed by atoms with van der Waals surface area (Å²) in [6, 6.07) is 7.19. The lowest BCUT2D eigenvalue weighted by Crippen LogP contribution is -2.44. The van der Waals surface area contributed by atoms with E-state index in [9.17, 15) is 18.0 Å². The smallest absolute Gasteiger partial charge is 0.270 e. The number of carbonyl (C=O) groups excluding carboxylic acids is 2. The molecule has 2 aliphatic rings. The van der Waals surface area contributed by atoms with Gasteiger partial charge in [-0.05, 0) is 19.4 Å². The van der Waals surface area contributed by atoms with Gasteiger partial charge in [0.15, 0.2) is 9.84 Å². The van der Waals surface area contributed by atoms with Crippen LogP contribution in [0.2, 0.25) is 0 Å². The SMILES string of the molecule is Cc1nc(CN(C)C(=O)C2=NN(C3CCS(=O)(=O)C3)C(=O)CC2)nc2ccccc12. The highest BCUT2D eigenvalue weighted by Gasteiger charge is 2.37. The molecule has 1 aromatic heterocycles. The van der Waals surface area contributed by atoms with E-state index >= 15 is 0 Å². The number of sulfone groups is 1. The van der Waals surface area contributed by atoms with Gasteiger partial charge in [-0.25, -0.2) is 23.4 Å². The molecular formula is C20H23N5O4S. The highest BCUT2D eigenvalue weighted by molar-refractivity contribution is 7.91. The zero-order chi connectivity index (χ0) is 21.5. The van der Waals surface area contributed by atoms with Crippen LogP contribution in [0.1, 0.15) is 30.8 Å². The standard InChI is InChI=1S/C20H23N5O4S/c1-13-15-5-3-4-6-16(15)22-18(21-13)11-24(2)20(27)17-7-8-19(26)25(23-17)14-9-10-30(28,29)12-14/h3-6,14H,7-12H2,1-2H3. The highest BCUT2D eigenvalue weighted by Crippen LogP contribution is 2.23. The van der Waals surface area contributed by atoms with Gasteiger partial charge in [-0.1, -0.05) is 18.2 Å². The summed E-state index contributed by atoms with van der Waals surface area (Å²) < 4.78 is 23.5. The molecule has 0 bridgehead atoms. The van der Waals surface area contributed by atoms with Crippen molar-refractivity contribution in [2.75, 3.05) is 18.6 Å². The molecule has 2 aliphatic heterocycles. The van der Waals surface area contributed by atoms with E-state index in [4.69, 9.17) is 0 Å². The second-order valence-corrected chi connectivity index (χ2v) is 9.97. The number of hydrazone groups is 1. The van der Waals surface area contributed by atoms with Crippen LogP contribution in [-0.2, 0) is 26.0 Å². The van der Waals surface area contributed by atoms with E-state index in [1.54, 1.807) is 7.05 Å². The third-order valence-corrected chi connectivity index (χ3v) is 7.18. The number of nitrogens with zero attached hydrogens (tertiary/aromatic N) is 5. The van der Waals surface area contributed by atoms with E-state index in [-0.39, 0.29) is 48.4 Å². The molecule has 158 valence electrons. The number of benzene rings is 1.